The summed E-state index contributed by atoms with van der Waals surface area (Å²) in [7, 11) is 0. The minimum Gasteiger partial charge on any atom is -0.292 e. The Bertz CT molecular complexity index is 3130. The van der Waals surface area contributed by atoms with Gasteiger partial charge in [-0.1, -0.05) is 147 Å². The molecule has 11 rings (SSSR count). The molecule has 0 aliphatic heterocycles. The zero-order chi connectivity index (χ0) is 36.0. The summed E-state index contributed by atoms with van der Waals surface area (Å²) in [6.45, 7) is 4.76. The van der Waals surface area contributed by atoms with Gasteiger partial charge in [0.1, 0.15) is 5.82 Å². The van der Waals surface area contributed by atoms with Crippen molar-refractivity contribution in [3.8, 4) is 50.5 Å². The highest BCUT2D eigenvalue weighted by Crippen LogP contribution is 2.53. The molecule has 0 bridgehead atoms. The molecule has 1 heterocycles. The molecular formula is C52H36N2. The first-order chi connectivity index (χ1) is 26.5. The number of para-hydroxylation sites is 3. The van der Waals surface area contributed by atoms with E-state index in [-0.39, 0.29) is 5.41 Å². The Balaban J connectivity index is 1.24. The van der Waals surface area contributed by atoms with Crippen LogP contribution in [0.5, 0.6) is 0 Å². The molecule has 54 heavy (non-hydrogen) atoms. The van der Waals surface area contributed by atoms with E-state index in [1.807, 2.05) is 0 Å². The third kappa shape index (κ3) is 4.50. The predicted molar refractivity (Wildman–Crippen MR) is 227 cm³/mol. The molecule has 0 unspecified atom stereocenters. The summed E-state index contributed by atoms with van der Waals surface area (Å²) < 4.78 is 2.29. The zero-order valence-corrected chi connectivity index (χ0v) is 30.2. The first kappa shape index (κ1) is 30.8. The van der Waals surface area contributed by atoms with Crippen molar-refractivity contribution in [2.24, 2.45) is 0 Å². The lowest BCUT2D eigenvalue weighted by Gasteiger charge is -2.24. The maximum atomic E-state index is 5.25. The summed E-state index contributed by atoms with van der Waals surface area (Å²) in [4.78, 5) is 5.25. The van der Waals surface area contributed by atoms with Gasteiger partial charge in [0.05, 0.1) is 11.0 Å². The van der Waals surface area contributed by atoms with Crippen LogP contribution in [0.1, 0.15) is 25.0 Å². The molecule has 0 spiro atoms. The quantitative estimate of drug-likeness (QED) is 0.168. The molecule has 0 radical (unpaired) electrons. The molecule has 0 amide bonds. The summed E-state index contributed by atoms with van der Waals surface area (Å²) in [5, 5.41) is 7.54. The van der Waals surface area contributed by atoms with Gasteiger partial charge in [-0.25, -0.2) is 4.98 Å². The Kier molecular flexibility index (Phi) is 6.63. The Morgan fingerprint density at radius 3 is 1.91 bits per heavy atom. The monoisotopic (exact) mass is 688 g/mol. The van der Waals surface area contributed by atoms with Gasteiger partial charge in [0, 0.05) is 16.7 Å². The van der Waals surface area contributed by atoms with Crippen molar-refractivity contribution >= 4 is 43.4 Å². The van der Waals surface area contributed by atoms with Crippen LogP contribution in [0.3, 0.4) is 0 Å². The lowest BCUT2D eigenvalue weighted by atomic mass is 9.79. The first-order valence-electron chi connectivity index (χ1n) is 18.8. The smallest absolute Gasteiger partial charge is 0.145 e. The van der Waals surface area contributed by atoms with E-state index in [4.69, 9.17) is 4.98 Å². The fourth-order valence-corrected chi connectivity index (χ4v) is 9.21. The molecule has 1 aliphatic rings. The van der Waals surface area contributed by atoms with E-state index in [2.05, 4.69) is 200 Å². The average Bonchev–Trinajstić information content (AvgIpc) is 3.72. The van der Waals surface area contributed by atoms with Gasteiger partial charge in [0.2, 0.25) is 0 Å². The number of hydrogen-bond donors (Lipinski definition) is 0. The highest BCUT2D eigenvalue weighted by atomic mass is 15.1. The first-order valence-corrected chi connectivity index (χ1v) is 18.8. The minimum absolute atomic E-state index is 0.122. The second-order valence-corrected chi connectivity index (χ2v) is 15.1. The van der Waals surface area contributed by atoms with Crippen LogP contribution in [0.15, 0.2) is 182 Å². The van der Waals surface area contributed by atoms with E-state index in [0.29, 0.717) is 0 Å². The van der Waals surface area contributed by atoms with Gasteiger partial charge in [0.15, 0.2) is 0 Å². The van der Waals surface area contributed by atoms with Gasteiger partial charge < -0.3 is 0 Å². The van der Waals surface area contributed by atoms with Gasteiger partial charge >= 0.3 is 0 Å². The van der Waals surface area contributed by atoms with Crippen LogP contribution in [0.2, 0.25) is 0 Å². The van der Waals surface area contributed by atoms with Crippen LogP contribution in [0, 0.1) is 0 Å². The second kappa shape index (κ2) is 11.6. The van der Waals surface area contributed by atoms with Crippen LogP contribution < -0.4 is 0 Å². The Morgan fingerprint density at radius 2 is 1.07 bits per heavy atom. The van der Waals surface area contributed by atoms with Crippen LogP contribution in [0.25, 0.3) is 93.8 Å². The van der Waals surface area contributed by atoms with Crippen molar-refractivity contribution in [2.75, 3.05) is 0 Å². The fraction of sp³-hybridized carbons (Fsp3) is 0.0577. The predicted octanol–water partition coefficient (Wildman–Crippen LogP) is 13.8. The molecule has 10 aromatic rings. The Labute approximate surface area is 314 Å². The highest BCUT2D eigenvalue weighted by Gasteiger charge is 2.36. The number of imidazole rings is 1. The Morgan fingerprint density at radius 1 is 0.426 bits per heavy atom. The SMILES string of the molecule is CC1(C)c2ccccc2-c2cc3c(-c4cccc(-c5nc6ccccc6n5-c5ccccc5)c4)c4ccccc4c(-c4ccc5ccccc5c4)c3cc21. The van der Waals surface area contributed by atoms with E-state index in [1.54, 1.807) is 0 Å². The van der Waals surface area contributed by atoms with Crippen LogP contribution in [0.4, 0.5) is 0 Å². The molecule has 1 aliphatic carbocycles. The third-order valence-electron chi connectivity index (χ3n) is 11.7. The van der Waals surface area contributed by atoms with Crippen LogP contribution in [-0.4, -0.2) is 9.55 Å². The number of nitrogens with zero attached hydrogens (tertiary/aromatic N) is 2. The molecule has 0 saturated carbocycles. The largest absolute Gasteiger partial charge is 0.292 e. The second-order valence-electron chi connectivity index (χ2n) is 15.1. The fourth-order valence-electron chi connectivity index (χ4n) is 9.21. The normalized spacial score (nSPS) is 13.1. The van der Waals surface area contributed by atoms with E-state index >= 15 is 0 Å². The lowest BCUT2D eigenvalue weighted by Crippen LogP contribution is -2.14. The molecule has 9 aromatic carbocycles. The van der Waals surface area contributed by atoms with E-state index in [9.17, 15) is 0 Å². The summed E-state index contributed by atoms with van der Waals surface area (Å²) in [5.74, 6) is 0.933. The molecular weight excluding hydrogens is 653 g/mol. The van der Waals surface area contributed by atoms with E-state index < -0.39 is 0 Å². The molecule has 2 nitrogen and oxygen atoms in total. The summed E-state index contributed by atoms with van der Waals surface area (Å²) in [6, 6.07) is 66.7. The van der Waals surface area contributed by atoms with Gasteiger partial charge in [-0.15, -0.1) is 0 Å². The summed E-state index contributed by atoms with van der Waals surface area (Å²) in [6.07, 6.45) is 0. The van der Waals surface area contributed by atoms with Crippen molar-refractivity contribution in [3.63, 3.8) is 0 Å². The minimum atomic E-state index is -0.122. The summed E-state index contributed by atoms with van der Waals surface area (Å²) >= 11 is 0. The average molecular weight is 689 g/mol. The Hall–Kier alpha value is -6.77. The van der Waals surface area contributed by atoms with E-state index in [1.165, 1.54) is 76.8 Å². The summed E-state index contributed by atoms with van der Waals surface area (Å²) in [5.41, 5.74) is 14.5. The number of hydrogen-bond acceptors (Lipinski definition) is 1. The van der Waals surface area contributed by atoms with Crippen molar-refractivity contribution in [1.29, 1.82) is 0 Å². The molecule has 0 saturated heterocycles. The van der Waals surface area contributed by atoms with Crippen molar-refractivity contribution in [1.82, 2.24) is 9.55 Å². The molecule has 2 heteroatoms. The molecule has 254 valence electrons. The van der Waals surface area contributed by atoms with Crippen LogP contribution in [-0.2, 0) is 5.41 Å². The van der Waals surface area contributed by atoms with Crippen LogP contribution >= 0.6 is 0 Å². The van der Waals surface area contributed by atoms with Crippen molar-refractivity contribution < 1.29 is 0 Å². The molecule has 1 aromatic heterocycles. The van der Waals surface area contributed by atoms with E-state index in [0.717, 1.165) is 28.1 Å². The standard InChI is InChI=1S/C52H36N2/c1-52(2)45-24-11-10-21-39(45)42-31-43-44(32-46(42)52)50(36-28-27-33-15-6-7-16-34(33)29-36)41-23-9-8-22-40(41)49(43)35-17-14-18-37(30-35)51-53-47-25-12-13-26-48(47)54(51)38-19-4-3-5-20-38/h3-32H,1-2H3. The number of rotatable bonds is 4. The molecule has 0 atom stereocenters. The molecule has 0 fully saturated rings. The zero-order valence-electron chi connectivity index (χ0n) is 30.2. The van der Waals surface area contributed by atoms with Gasteiger partial charge in [-0.05, 0) is 125 Å². The van der Waals surface area contributed by atoms with Gasteiger partial charge in [0.25, 0.3) is 0 Å². The van der Waals surface area contributed by atoms with Crippen molar-refractivity contribution in [3.05, 3.63) is 193 Å². The maximum absolute atomic E-state index is 5.25. The number of aromatic nitrogens is 2. The van der Waals surface area contributed by atoms with Crippen molar-refractivity contribution in [2.45, 2.75) is 19.3 Å². The van der Waals surface area contributed by atoms with Gasteiger partial charge in [-0.2, -0.15) is 0 Å². The highest BCUT2D eigenvalue weighted by molar-refractivity contribution is 6.23. The third-order valence-corrected chi connectivity index (χ3v) is 11.7. The topological polar surface area (TPSA) is 17.8 Å². The van der Waals surface area contributed by atoms with Gasteiger partial charge in [-0.3, -0.25) is 4.57 Å². The maximum Gasteiger partial charge on any atom is 0.145 e. The number of benzene rings is 9. The lowest BCUT2D eigenvalue weighted by molar-refractivity contribution is 0.661. The number of fused-ring (bicyclic) bond motifs is 7. The molecule has 0 N–H and O–H groups in total.